The third-order valence-electron chi connectivity index (χ3n) is 8.59. The molecule has 0 heteroatoms. The van der Waals surface area contributed by atoms with Crippen molar-refractivity contribution < 1.29 is 0 Å². The minimum Gasteiger partial charge on any atom is -0.0805 e. The maximum absolute atomic E-state index is 2.52. The number of allylic oxidation sites excluding steroid dienone is 16. The number of hydrogen-bond acceptors (Lipinski definition) is 0. The van der Waals surface area contributed by atoms with Crippen molar-refractivity contribution in [2.24, 2.45) is 59.2 Å². The molecule has 2 fully saturated rings. The van der Waals surface area contributed by atoms with Gasteiger partial charge < -0.3 is 0 Å². The highest BCUT2D eigenvalue weighted by molar-refractivity contribution is 5.30. The number of fused-ring (bicyclic) bond motifs is 6. The van der Waals surface area contributed by atoms with Crippen molar-refractivity contribution in [1.29, 1.82) is 0 Å². The Morgan fingerprint density at radius 1 is 0.286 bits per heavy atom. The van der Waals surface area contributed by atoms with E-state index in [1.807, 2.05) is 0 Å². The van der Waals surface area contributed by atoms with E-state index in [1.54, 1.807) is 0 Å². The van der Waals surface area contributed by atoms with Gasteiger partial charge in [0.15, 0.2) is 0 Å². The summed E-state index contributed by atoms with van der Waals surface area (Å²) in [5.41, 5.74) is 0. The molecular weight excluding hydrogens is 336 g/mol. The molecule has 0 aromatic rings. The van der Waals surface area contributed by atoms with Crippen LogP contribution in [0.1, 0.15) is 12.8 Å². The Morgan fingerprint density at radius 3 is 0.750 bits per heavy atom. The highest BCUT2D eigenvalue weighted by Gasteiger charge is 2.50. The van der Waals surface area contributed by atoms with Crippen molar-refractivity contribution in [3.63, 3.8) is 0 Å². The third-order valence-corrected chi connectivity index (χ3v) is 8.59. The fraction of sp³-hybridized carbons (Fsp3) is 0.429. The van der Waals surface area contributed by atoms with E-state index in [-0.39, 0.29) is 0 Å². The van der Waals surface area contributed by atoms with Crippen LogP contribution in [0.5, 0.6) is 0 Å². The van der Waals surface area contributed by atoms with Crippen molar-refractivity contribution in [3.8, 4) is 0 Å². The van der Waals surface area contributed by atoms with Gasteiger partial charge in [-0.1, -0.05) is 97.2 Å². The molecule has 0 aliphatic heterocycles. The van der Waals surface area contributed by atoms with Gasteiger partial charge in [0, 0.05) is 0 Å². The molecule has 0 bridgehead atoms. The molecule has 6 aliphatic rings. The molecule has 6 rings (SSSR count). The molecule has 0 amide bonds. The van der Waals surface area contributed by atoms with Crippen LogP contribution in [0, 0.1) is 59.2 Å². The number of rotatable bonds is 3. The molecule has 0 heterocycles. The summed E-state index contributed by atoms with van der Waals surface area (Å²) in [5, 5.41) is 0. The van der Waals surface area contributed by atoms with Gasteiger partial charge in [-0.25, -0.2) is 0 Å². The molecule has 0 aromatic carbocycles. The third kappa shape index (κ3) is 2.50. The summed E-state index contributed by atoms with van der Waals surface area (Å²) in [4.78, 5) is 0. The van der Waals surface area contributed by atoms with Crippen LogP contribution in [-0.2, 0) is 0 Å². The van der Waals surface area contributed by atoms with E-state index >= 15 is 0 Å². The standard InChI is InChI=1S/C28H30/c1-5-13-23-19(9-1)20-10-2-6-14-24(20)27(23)17-18-28-25-15-7-3-11-21(25)22-12-4-8-16-26(22)28/h1-16,19-28H,17-18H2/t19-,20?,21-,22?,23?,24-,25?,26?,27?,28?/m0/s1. The molecule has 28 heavy (non-hydrogen) atoms. The van der Waals surface area contributed by atoms with Crippen LogP contribution in [0.2, 0.25) is 0 Å². The average molecular weight is 367 g/mol. The van der Waals surface area contributed by atoms with Gasteiger partial charge >= 0.3 is 0 Å². The maximum atomic E-state index is 2.52. The molecule has 0 N–H and O–H groups in total. The van der Waals surface area contributed by atoms with Gasteiger partial charge in [-0.15, -0.1) is 0 Å². The molecule has 2 saturated carbocycles. The summed E-state index contributed by atoms with van der Waals surface area (Å²) in [5.74, 6) is 7.32. The molecule has 10 atom stereocenters. The van der Waals surface area contributed by atoms with Gasteiger partial charge in [0.1, 0.15) is 0 Å². The smallest absolute Gasteiger partial charge is 0.00956 e. The van der Waals surface area contributed by atoms with Gasteiger partial charge in [0.05, 0.1) is 0 Å². The summed E-state index contributed by atoms with van der Waals surface area (Å²) < 4.78 is 0. The summed E-state index contributed by atoms with van der Waals surface area (Å²) in [6, 6.07) is 0. The molecule has 0 aromatic heterocycles. The Hall–Kier alpha value is -2.08. The molecule has 7 unspecified atom stereocenters. The lowest BCUT2D eigenvalue weighted by Crippen LogP contribution is -2.21. The first-order valence-corrected chi connectivity index (χ1v) is 11.3. The largest absolute Gasteiger partial charge is 0.0805 e. The first kappa shape index (κ1) is 16.8. The Labute approximate surface area is 169 Å². The van der Waals surface area contributed by atoms with Crippen LogP contribution in [0.4, 0.5) is 0 Å². The summed E-state index contributed by atoms with van der Waals surface area (Å²) in [6.45, 7) is 0. The molecule has 0 radical (unpaired) electrons. The molecule has 6 aliphatic carbocycles. The molecule has 0 nitrogen and oxygen atoms in total. The van der Waals surface area contributed by atoms with Crippen LogP contribution < -0.4 is 0 Å². The van der Waals surface area contributed by atoms with Gasteiger partial charge in [-0.05, 0) is 72.0 Å². The Kier molecular flexibility index (Phi) is 4.07. The second kappa shape index (κ2) is 6.76. The van der Waals surface area contributed by atoms with E-state index in [1.165, 1.54) is 12.8 Å². The lowest BCUT2D eigenvalue weighted by molar-refractivity contribution is 0.272. The van der Waals surface area contributed by atoms with Crippen LogP contribution in [-0.4, -0.2) is 0 Å². The van der Waals surface area contributed by atoms with Crippen LogP contribution in [0.3, 0.4) is 0 Å². The van der Waals surface area contributed by atoms with Crippen LogP contribution in [0.15, 0.2) is 97.2 Å². The summed E-state index contributed by atoms with van der Waals surface area (Å²) >= 11 is 0. The number of hydrogen-bond donors (Lipinski definition) is 0. The predicted molar refractivity (Wildman–Crippen MR) is 117 cm³/mol. The van der Waals surface area contributed by atoms with Crippen molar-refractivity contribution in [2.75, 3.05) is 0 Å². The lowest BCUT2D eigenvalue weighted by atomic mass is 9.75. The summed E-state index contributed by atoms with van der Waals surface area (Å²) in [6.07, 6.45) is 41.0. The van der Waals surface area contributed by atoms with Crippen molar-refractivity contribution in [3.05, 3.63) is 97.2 Å². The Balaban J connectivity index is 1.25. The zero-order chi connectivity index (χ0) is 18.5. The Morgan fingerprint density at radius 2 is 0.500 bits per heavy atom. The van der Waals surface area contributed by atoms with E-state index in [9.17, 15) is 0 Å². The van der Waals surface area contributed by atoms with Gasteiger partial charge in [-0.3, -0.25) is 0 Å². The second-order valence-electron chi connectivity index (χ2n) is 9.60. The van der Waals surface area contributed by atoms with Gasteiger partial charge in [0.2, 0.25) is 0 Å². The minimum absolute atomic E-state index is 0.709. The van der Waals surface area contributed by atoms with Crippen LogP contribution in [0.25, 0.3) is 0 Å². The van der Waals surface area contributed by atoms with Crippen molar-refractivity contribution in [2.45, 2.75) is 12.8 Å². The zero-order valence-electron chi connectivity index (χ0n) is 16.4. The summed E-state index contributed by atoms with van der Waals surface area (Å²) in [7, 11) is 0. The topological polar surface area (TPSA) is 0 Å². The monoisotopic (exact) mass is 366 g/mol. The Bertz CT molecular complexity index is 716. The zero-order valence-corrected chi connectivity index (χ0v) is 16.4. The van der Waals surface area contributed by atoms with Crippen molar-refractivity contribution >= 4 is 0 Å². The maximum Gasteiger partial charge on any atom is -0.00956 e. The molecule has 0 spiro atoms. The SMILES string of the molecule is C1=CC2C(CCC3C4C=CC=C[C@H]4C4C=CC=C[C@H]34)C3C=CC=C[C@H]3C2C=C1. The van der Waals surface area contributed by atoms with Crippen LogP contribution >= 0.6 is 0 Å². The highest BCUT2D eigenvalue weighted by Crippen LogP contribution is 2.56. The first-order chi connectivity index (χ1) is 13.9. The fourth-order valence-electron chi connectivity index (χ4n) is 7.49. The predicted octanol–water partition coefficient (Wildman–Crippen LogP) is 6.46. The van der Waals surface area contributed by atoms with Gasteiger partial charge in [0.25, 0.3) is 0 Å². The van der Waals surface area contributed by atoms with E-state index in [4.69, 9.17) is 0 Å². The first-order valence-electron chi connectivity index (χ1n) is 11.3. The highest BCUT2D eigenvalue weighted by atomic mass is 14.5. The molecule has 142 valence electrons. The average Bonchev–Trinajstić information content (AvgIpc) is 3.26. The lowest BCUT2D eigenvalue weighted by Gasteiger charge is -2.29. The normalized spacial score (nSPS) is 48.6. The fourth-order valence-corrected chi connectivity index (χ4v) is 7.49. The minimum atomic E-state index is 0.709. The second-order valence-corrected chi connectivity index (χ2v) is 9.60. The molecular formula is C28H30. The molecule has 0 saturated heterocycles. The van der Waals surface area contributed by atoms with E-state index in [0.29, 0.717) is 23.7 Å². The van der Waals surface area contributed by atoms with E-state index in [2.05, 4.69) is 97.2 Å². The van der Waals surface area contributed by atoms with Crippen molar-refractivity contribution in [1.82, 2.24) is 0 Å². The van der Waals surface area contributed by atoms with Gasteiger partial charge in [-0.2, -0.15) is 0 Å². The van der Waals surface area contributed by atoms with E-state index in [0.717, 1.165) is 35.5 Å². The van der Waals surface area contributed by atoms with E-state index < -0.39 is 0 Å². The quantitative estimate of drug-likeness (QED) is 0.538.